The van der Waals surface area contributed by atoms with Gasteiger partial charge in [-0.05, 0) is 32.4 Å². The molecule has 4 N–H and O–H groups in total. The Kier molecular flexibility index (Phi) is 15.0. The van der Waals surface area contributed by atoms with Gasteiger partial charge in [-0.25, -0.2) is 13.4 Å². The number of para-hydroxylation sites is 1. The van der Waals surface area contributed by atoms with Crippen molar-refractivity contribution in [2.24, 2.45) is 10.2 Å². The zero-order valence-electron chi connectivity index (χ0n) is 28.1. The summed E-state index contributed by atoms with van der Waals surface area (Å²) in [5.41, 5.74) is 1.95. The fourth-order valence-corrected chi connectivity index (χ4v) is 6.23. The van der Waals surface area contributed by atoms with Gasteiger partial charge >= 0.3 is 0 Å². The van der Waals surface area contributed by atoms with Crippen LogP contribution in [0.1, 0.15) is 31.4 Å². The molecule has 1 unspecified atom stereocenters. The molecule has 0 aliphatic heterocycles. The summed E-state index contributed by atoms with van der Waals surface area (Å²) in [7, 11) is -1.07. The molecule has 1 aromatic heterocycles. The number of nitrogens with one attached hydrogen (secondary N) is 2. The largest absolute Gasteiger partial charge is 0.495 e. The minimum Gasteiger partial charge on any atom is -0.495 e. The van der Waals surface area contributed by atoms with E-state index in [2.05, 4.69) is 31.9 Å². The first-order chi connectivity index (χ1) is 23.1. The van der Waals surface area contributed by atoms with E-state index in [1.807, 2.05) is 49.1 Å². The van der Waals surface area contributed by atoms with Crippen molar-refractivity contribution in [1.82, 2.24) is 9.88 Å². The number of aromatic nitrogens is 1. The monoisotopic (exact) mass is 683 g/mol. The maximum absolute atomic E-state index is 13.5. The highest BCUT2D eigenvalue weighted by atomic mass is 32.2. The van der Waals surface area contributed by atoms with Crippen LogP contribution in [0.4, 0.5) is 28.7 Å². The Morgan fingerprint density at radius 2 is 1.75 bits per heavy atom. The zero-order chi connectivity index (χ0) is 35.1. The highest BCUT2D eigenvalue weighted by Gasteiger charge is 2.25. The van der Waals surface area contributed by atoms with Crippen LogP contribution in [-0.4, -0.2) is 101 Å². The molecule has 2 aromatic carbocycles. The SMILES string of the molecule is CCC(C)N(CCO)CCS(=O)(=O)c1cc(OC)c(N=Nc2c(Nc3ccccc3)nc(NCCOCCO)c(C#N)c2C)cc1OC. The molecule has 0 radical (unpaired) electrons. The highest BCUT2D eigenvalue weighted by molar-refractivity contribution is 7.91. The number of hydrogen-bond acceptors (Lipinski definition) is 14. The molecule has 3 rings (SSSR count). The number of sulfone groups is 1. The third-order valence-electron chi connectivity index (χ3n) is 7.64. The fourth-order valence-electron chi connectivity index (χ4n) is 4.80. The Balaban J connectivity index is 2.04. The summed E-state index contributed by atoms with van der Waals surface area (Å²) in [6.07, 6.45) is 0.809. The van der Waals surface area contributed by atoms with Gasteiger partial charge in [-0.1, -0.05) is 25.1 Å². The van der Waals surface area contributed by atoms with Crippen LogP contribution in [0.3, 0.4) is 0 Å². The summed E-state index contributed by atoms with van der Waals surface area (Å²) in [5.74, 6) is 0.665. The second-order valence-corrected chi connectivity index (χ2v) is 12.8. The Morgan fingerprint density at radius 3 is 2.38 bits per heavy atom. The molecular weight excluding hydrogens is 638 g/mol. The van der Waals surface area contributed by atoms with Gasteiger partial charge in [0.15, 0.2) is 15.7 Å². The summed E-state index contributed by atoms with van der Waals surface area (Å²) in [6.45, 7) is 6.98. The Hall–Kier alpha value is -4.33. The molecule has 0 saturated heterocycles. The van der Waals surface area contributed by atoms with Crippen LogP contribution in [-0.2, 0) is 14.6 Å². The van der Waals surface area contributed by atoms with Gasteiger partial charge in [-0.2, -0.15) is 5.26 Å². The van der Waals surface area contributed by atoms with Crippen LogP contribution in [0.15, 0.2) is 57.6 Å². The van der Waals surface area contributed by atoms with E-state index in [-0.39, 0.29) is 71.5 Å². The van der Waals surface area contributed by atoms with Gasteiger partial charge in [0, 0.05) is 49.1 Å². The topological polar surface area (TPSA) is 191 Å². The summed E-state index contributed by atoms with van der Waals surface area (Å²) in [6, 6.07) is 14.4. The molecule has 0 aliphatic carbocycles. The molecular formula is C33H45N7O7S. The highest BCUT2D eigenvalue weighted by Crippen LogP contribution is 2.41. The lowest BCUT2D eigenvalue weighted by molar-refractivity contribution is 0.0992. The lowest BCUT2D eigenvalue weighted by Gasteiger charge is -2.27. The first-order valence-electron chi connectivity index (χ1n) is 15.6. The summed E-state index contributed by atoms with van der Waals surface area (Å²) >= 11 is 0. The Bertz CT molecular complexity index is 1670. The molecule has 48 heavy (non-hydrogen) atoms. The van der Waals surface area contributed by atoms with Crippen LogP contribution >= 0.6 is 0 Å². The normalized spacial score (nSPS) is 12.2. The molecule has 0 fully saturated rings. The molecule has 260 valence electrons. The van der Waals surface area contributed by atoms with Crippen molar-refractivity contribution >= 4 is 38.5 Å². The van der Waals surface area contributed by atoms with Crippen LogP contribution in [0.25, 0.3) is 0 Å². The van der Waals surface area contributed by atoms with Crippen molar-refractivity contribution in [1.29, 1.82) is 5.26 Å². The fraction of sp³-hybridized carbons (Fsp3) is 0.455. The smallest absolute Gasteiger partial charge is 0.183 e. The second kappa shape index (κ2) is 18.9. The van der Waals surface area contributed by atoms with Crippen LogP contribution in [0.5, 0.6) is 11.5 Å². The molecule has 1 atom stereocenters. The lowest BCUT2D eigenvalue weighted by Crippen LogP contribution is -2.38. The summed E-state index contributed by atoms with van der Waals surface area (Å²) in [4.78, 5) is 6.54. The van der Waals surface area contributed by atoms with E-state index >= 15 is 0 Å². The molecule has 3 aromatic rings. The van der Waals surface area contributed by atoms with Gasteiger partial charge in [0.2, 0.25) is 0 Å². The number of methoxy groups -OCH3 is 2. The lowest BCUT2D eigenvalue weighted by atomic mass is 10.1. The Morgan fingerprint density at radius 1 is 1.02 bits per heavy atom. The van der Waals surface area contributed by atoms with Gasteiger partial charge in [0.1, 0.15) is 39.7 Å². The van der Waals surface area contributed by atoms with Crippen molar-refractivity contribution < 1.29 is 32.8 Å². The van der Waals surface area contributed by atoms with Gasteiger partial charge in [0.25, 0.3) is 0 Å². The quantitative estimate of drug-likeness (QED) is 0.0948. The van der Waals surface area contributed by atoms with E-state index in [0.717, 1.165) is 12.1 Å². The van der Waals surface area contributed by atoms with E-state index < -0.39 is 9.84 Å². The van der Waals surface area contributed by atoms with E-state index in [1.54, 1.807) is 6.92 Å². The van der Waals surface area contributed by atoms with Crippen molar-refractivity contribution in [3.63, 3.8) is 0 Å². The maximum atomic E-state index is 13.5. The van der Waals surface area contributed by atoms with Crippen molar-refractivity contribution in [3.8, 4) is 17.6 Å². The molecule has 0 amide bonds. The van der Waals surface area contributed by atoms with E-state index in [1.165, 1.54) is 26.4 Å². The van der Waals surface area contributed by atoms with Crippen LogP contribution in [0, 0.1) is 18.3 Å². The minimum absolute atomic E-state index is 0.0525. The van der Waals surface area contributed by atoms with Crippen molar-refractivity contribution in [2.45, 2.75) is 38.1 Å². The molecule has 15 heteroatoms. The summed E-state index contributed by atoms with van der Waals surface area (Å²) in [5, 5.41) is 43.7. The number of azo groups is 1. The average Bonchev–Trinajstić information content (AvgIpc) is 3.09. The van der Waals surface area contributed by atoms with Crippen LogP contribution < -0.4 is 20.1 Å². The number of benzene rings is 2. The number of nitriles is 1. The third kappa shape index (κ3) is 10.1. The van der Waals surface area contributed by atoms with Gasteiger partial charge < -0.3 is 35.1 Å². The maximum Gasteiger partial charge on any atom is 0.183 e. The molecule has 1 heterocycles. The van der Waals surface area contributed by atoms with Gasteiger partial charge in [-0.3, -0.25) is 4.90 Å². The first kappa shape index (κ1) is 38.1. The molecule has 0 aliphatic rings. The predicted molar refractivity (Wildman–Crippen MR) is 184 cm³/mol. The number of ether oxygens (including phenoxy) is 3. The van der Waals surface area contributed by atoms with Gasteiger partial charge in [-0.15, -0.1) is 10.2 Å². The Labute approximate surface area is 282 Å². The second-order valence-electron chi connectivity index (χ2n) is 10.7. The zero-order valence-corrected chi connectivity index (χ0v) is 28.9. The predicted octanol–water partition coefficient (Wildman–Crippen LogP) is 4.73. The average molecular weight is 684 g/mol. The minimum atomic E-state index is -3.83. The number of aliphatic hydroxyl groups excluding tert-OH is 2. The summed E-state index contributed by atoms with van der Waals surface area (Å²) < 4.78 is 43.4. The standard InChI is InChI=1S/C33H45N7O7S/c1-6-23(2)40(13-15-41)14-19-48(43,44)30-21-28(45-4)27(20-29(30)46-5)38-39-31-24(3)26(22-34)32(35-12-17-47-18-16-42)37-33(31)36-25-10-8-7-9-11-25/h7-11,20-21,23,41-42H,6,12-19H2,1-5H3,(H2,35,36,37). The van der Waals surface area contributed by atoms with Gasteiger partial charge in [0.05, 0.1) is 52.0 Å². The number of rotatable bonds is 20. The number of aliphatic hydroxyl groups is 2. The molecule has 0 spiro atoms. The first-order valence-corrected chi connectivity index (χ1v) is 17.2. The van der Waals surface area contributed by atoms with Crippen molar-refractivity contribution in [2.75, 3.05) is 76.7 Å². The third-order valence-corrected chi connectivity index (χ3v) is 9.35. The number of nitrogens with zero attached hydrogens (tertiary/aromatic N) is 5. The molecule has 0 bridgehead atoms. The van der Waals surface area contributed by atoms with E-state index in [0.29, 0.717) is 36.9 Å². The molecule has 0 saturated carbocycles. The number of anilines is 3. The number of hydrogen-bond donors (Lipinski definition) is 4. The van der Waals surface area contributed by atoms with E-state index in [9.17, 15) is 18.8 Å². The molecule has 14 nitrogen and oxygen atoms in total. The van der Waals surface area contributed by atoms with E-state index in [4.69, 9.17) is 19.3 Å². The van der Waals surface area contributed by atoms with Crippen molar-refractivity contribution in [3.05, 3.63) is 53.6 Å². The number of pyridine rings is 1. The van der Waals surface area contributed by atoms with Crippen LogP contribution in [0.2, 0.25) is 0 Å².